The Morgan fingerprint density at radius 2 is 2.25 bits per heavy atom. The van der Waals surface area contributed by atoms with Gasteiger partial charge in [-0.1, -0.05) is 31.4 Å². The van der Waals surface area contributed by atoms with Crippen LogP contribution in [-0.4, -0.2) is 11.1 Å². The number of pyridine rings is 1. The molecule has 1 aromatic heterocycles. The number of halogens is 1. The third kappa shape index (κ3) is 3.19. The third-order valence-electron chi connectivity index (χ3n) is 3.29. The maximum Gasteiger partial charge on any atom is 0.129 e. The predicted molar refractivity (Wildman–Crippen MR) is 65.5 cm³/mol. The molecule has 2 rings (SSSR count). The molecule has 1 aliphatic rings. The standard InChI is InChI=1S/C13H18ClNO/c1-10-4-2-3-5-12(10)16-9-11-6-7-15-13(14)8-11/h6-8,10,12H,2-5,9H2,1H3. The first-order valence-corrected chi connectivity index (χ1v) is 6.35. The topological polar surface area (TPSA) is 22.1 Å². The summed E-state index contributed by atoms with van der Waals surface area (Å²) in [6.45, 7) is 2.93. The second-order valence-electron chi connectivity index (χ2n) is 4.60. The van der Waals surface area contributed by atoms with E-state index in [1.54, 1.807) is 6.20 Å². The fourth-order valence-electron chi connectivity index (χ4n) is 2.27. The van der Waals surface area contributed by atoms with E-state index in [1.807, 2.05) is 12.1 Å². The first-order chi connectivity index (χ1) is 7.75. The first-order valence-electron chi connectivity index (χ1n) is 5.98. The molecule has 1 aliphatic carbocycles. The third-order valence-corrected chi connectivity index (χ3v) is 3.49. The van der Waals surface area contributed by atoms with Crippen LogP contribution in [0.4, 0.5) is 0 Å². The largest absolute Gasteiger partial charge is 0.373 e. The van der Waals surface area contributed by atoms with E-state index in [9.17, 15) is 0 Å². The van der Waals surface area contributed by atoms with Gasteiger partial charge >= 0.3 is 0 Å². The lowest BCUT2D eigenvalue weighted by atomic mass is 9.88. The zero-order chi connectivity index (χ0) is 11.4. The molecule has 0 aliphatic heterocycles. The van der Waals surface area contributed by atoms with E-state index in [0.717, 1.165) is 5.56 Å². The summed E-state index contributed by atoms with van der Waals surface area (Å²) < 4.78 is 5.95. The van der Waals surface area contributed by atoms with Gasteiger partial charge in [-0.25, -0.2) is 4.98 Å². The van der Waals surface area contributed by atoms with Gasteiger partial charge in [0.1, 0.15) is 5.15 Å². The summed E-state index contributed by atoms with van der Waals surface area (Å²) in [5, 5.41) is 0.540. The van der Waals surface area contributed by atoms with E-state index < -0.39 is 0 Å². The second-order valence-corrected chi connectivity index (χ2v) is 4.99. The maximum absolute atomic E-state index is 5.95. The quantitative estimate of drug-likeness (QED) is 0.748. The first kappa shape index (κ1) is 11.9. The van der Waals surface area contributed by atoms with Crippen molar-refractivity contribution in [3.05, 3.63) is 29.0 Å². The minimum atomic E-state index is 0.417. The highest BCUT2D eigenvalue weighted by molar-refractivity contribution is 6.29. The molecule has 0 N–H and O–H groups in total. The molecule has 0 aromatic carbocycles. The zero-order valence-corrected chi connectivity index (χ0v) is 10.4. The normalized spacial score (nSPS) is 25.6. The minimum Gasteiger partial charge on any atom is -0.373 e. The Balaban J connectivity index is 1.86. The molecule has 0 saturated heterocycles. The monoisotopic (exact) mass is 239 g/mol. The number of hydrogen-bond acceptors (Lipinski definition) is 2. The summed E-state index contributed by atoms with van der Waals surface area (Å²) in [7, 11) is 0. The summed E-state index contributed by atoms with van der Waals surface area (Å²) in [4.78, 5) is 3.96. The van der Waals surface area contributed by atoms with E-state index in [1.165, 1.54) is 25.7 Å². The van der Waals surface area contributed by atoms with Gasteiger partial charge in [0, 0.05) is 6.20 Å². The number of aromatic nitrogens is 1. The van der Waals surface area contributed by atoms with E-state index in [-0.39, 0.29) is 0 Å². The summed E-state index contributed by atoms with van der Waals surface area (Å²) >= 11 is 5.83. The predicted octanol–water partition coefficient (Wildman–Crippen LogP) is 3.83. The molecular weight excluding hydrogens is 222 g/mol. The van der Waals surface area contributed by atoms with Crippen LogP contribution in [0.5, 0.6) is 0 Å². The van der Waals surface area contributed by atoms with Gasteiger partial charge in [-0.15, -0.1) is 0 Å². The molecule has 1 saturated carbocycles. The highest BCUT2D eigenvalue weighted by Gasteiger charge is 2.21. The van der Waals surface area contributed by atoms with Crippen molar-refractivity contribution >= 4 is 11.6 Å². The summed E-state index contributed by atoms with van der Waals surface area (Å²) in [5.74, 6) is 0.686. The average molecular weight is 240 g/mol. The van der Waals surface area contributed by atoms with E-state index in [2.05, 4.69) is 11.9 Å². The second kappa shape index (κ2) is 5.65. The molecule has 16 heavy (non-hydrogen) atoms. The summed E-state index contributed by atoms with van der Waals surface area (Å²) in [6.07, 6.45) is 7.28. The molecule has 1 aromatic rings. The molecule has 1 heterocycles. The Morgan fingerprint density at radius 1 is 1.44 bits per heavy atom. The lowest BCUT2D eigenvalue weighted by Crippen LogP contribution is -2.25. The van der Waals surface area contributed by atoms with Crippen LogP contribution in [0.2, 0.25) is 5.15 Å². The van der Waals surface area contributed by atoms with E-state index in [0.29, 0.717) is 23.8 Å². The zero-order valence-electron chi connectivity index (χ0n) is 9.66. The number of nitrogens with zero attached hydrogens (tertiary/aromatic N) is 1. The molecule has 0 spiro atoms. The average Bonchev–Trinajstić information content (AvgIpc) is 2.28. The fraction of sp³-hybridized carbons (Fsp3) is 0.615. The van der Waals surface area contributed by atoms with Crippen molar-refractivity contribution in [2.45, 2.75) is 45.3 Å². The molecule has 2 atom stereocenters. The number of ether oxygens (including phenoxy) is 1. The van der Waals surface area contributed by atoms with Gasteiger partial charge in [-0.05, 0) is 36.5 Å². The van der Waals surface area contributed by atoms with Gasteiger partial charge in [-0.2, -0.15) is 0 Å². The molecule has 2 nitrogen and oxygen atoms in total. The molecule has 0 bridgehead atoms. The molecule has 0 radical (unpaired) electrons. The van der Waals surface area contributed by atoms with Gasteiger partial charge in [0.2, 0.25) is 0 Å². The Kier molecular flexibility index (Phi) is 4.19. The van der Waals surface area contributed by atoms with Crippen LogP contribution in [0.15, 0.2) is 18.3 Å². The molecule has 88 valence electrons. The summed E-state index contributed by atoms with van der Waals surface area (Å²) in [5.41, 5.74) is 1.11. The fourth-order valence-corrected chi connectivity index (χ4v) is 2.46. The van der Waals surface area contributed by atoms with Gasteiger partial charge in [0.25, 0.3) is 0 Å². The van der Waals surface area contributed by atoms with Crippen LogP contribution in [0.3, 0.4) is 0 Å². The molecular formula is C13H18ClNO. The number of rotatable bonds is 3. The lowest BCUT2D eigenvalue weighted by molar-refractivity contribution is -0.0154. The van der Waals surface area contributed by atoms with Crippen molar-refractivity contribution in [2.24, 2.45) is 5.92 Å². The van der Waals surface area contributed by atoms with Gasteiger partial charge < -0.3 is 4.74 Å². The van der Waals surface area contributed by atoms with E-state index in [4.69, 9.17) is 16.3 Å². The van der Waals surface area contributed by atoms with Crippen molar-refractivity contribution in [1.82, 2.24) is 4.98 Å². The molecule has 3 heteroatoms. The van der Waals surface area contributed by atoms with Crippen LogP contribution < -0.4 is 0 Å². The van der Waals surface area contributed by atoms with E-state index >= 15 is 0 Å². The molecule has 1 fully saturated rings. The van der Waals surface area contributed by atoms with Gasteiger partial charge in [-0.3, -0.25) is 0 Å². The molecule has 0 amide bonds. The highest BCUT2D eigenvalue weighted by atomic mass is 35.5. The van der Waals surface area contributed by atoms with Crippen LogP contribution in [-0.2, 0) is 11.3 Å². The van der Waals surface area contributed by atoms with Crippen LogP contribution >= 0.6 is 11.6 Å². The van der Waals surface area contributed by atoms with Crippen molar-refractivity contribution < 1.29 is 4.74 Å². The van der Waals surface area contributed by atoms with Gasteiger partial charge in [0.15, 0.2) is 0 Å². The van der Waals surface area contributed by atoms with Crippen molar-refractivity contribution in [3.8, 4) is 0 Å². The number of hydrogen-bond donors (Lipinski definition) is 0. The van der Waals surface area contributed by atoms with Crippen molar-refractivity contribution in [3.63, 3.8) is 0 Å². The highest BCUT2D eigenvalue weighted by Crippen LogP contribution is 2.27. The maximum atomic E-state index is 5.95. The van der Waals surface area contributed by atoms with Crippen LogP contribution in [0.25, 0.3) is 0 Å². The van der Waals surface area contributed by atoms with Crippen molar-refractivity contribution in [2.75, 3.05) is 0 Å². The van der Waals surface area contributed by atoms with Gasteiger partial charge in [0.05, 0.1) is 12.7 Å². The Bertz CT molecular complexity index is 342. The van der Waals surface area contributed by atoms with Crippen molar-refractivity contribution in [1.29, 1.82) is 0 Å². The Labute approximate surface area is 102 Å². The molecule has 2 unspecified atom stereocenters. The Hall–Kier alpha value is -0.600. The lowest BCUT2D eigenvalue weighted by Gasteiger charge is -2.28. The van der Waals surface area contributed by atoms with Crippen LogP contribution in [0, 0.1) is 5.92 Å². The smallest absolute Gasteiger partial charge is 0.129 e. The SMILES string of the molecule is CC1CCCCC1OCc1ccnc(Cl)c1. The summed E-state index contributed by atoms with van der Waals surface area (Å²) in [6, 6.07) is 3.83. The minimum absolute atomic E-state index is 0.417. The van der Waals surface area contributed by atoms with Crippen LogP contribution in [0.1, 0.15) is 38.2 Å². The Morgan fingerprint density at radius 3 is 3.00 bits per heavy atom.